The molecule has 13 heavy (non-hydrogen) atoms. The van der Waals surface area contributed by atoms with E-state index in [9.17, 15) is 4.79 Å². The average molecular weight is 183 g/mol. The summed E-state index contributed by atoms with van der Waals surface area (Å²) >= 11 is 0. The van der Waals surface area contributed by atoms with Crippen molar-refractivity contribution in [1.82, 2.24) is 15.8 Å². The average Bonchev–Trinajstić information content (AvgIpc) is 2.72. The molecule has 2 saturated heterocycles. The minimum absolute atomic E-state index is 0.264. The van der Waals surface area contributed by atoms with Crippen LogP contribution in [0, 0.1) is 0 Å². The van der Waals surface area contributed by atoms with Gasteiger partial charge in [0.15, 0.2) is 0 Å². The Balaban J connectivity index is 1.95. The van der Waals surface area contributed by atoms with Gasteiger partial charge in [0.2, 0.25) is 5.91 Å². The highest BCUT2D eigenvalue weighted by Crippen LogP contribution is 2.16. The van der Waals surface area contributed by atoms with Crippen LogP contribution in [0.2, 0.25) is 0 Å². The van der Waals surface area contributed by atoms with Crippen molar-refractivity contribution >= 4 is 5.91 Å². The van der Waals surface area contributed by atoms with E-state index >= 15 is 0 Å². The number of hydrazine groups is 1. The van der Waals surface area contributed by atoms with E-state index in [4.69, 9.17) is 0 Å². The van der Waals surface area contributed by atoms with Crippen molar-refractivity contribution in [3.8, 4) is 0 Å². The van der Waals surface area contributed by atoms with Crippen LogP contribution in [0.15, 0.2) is 0 Å². The van der Waals surface area contributed by atoms with Gasteiger partial charge >= 0.3 is 0 Å². The van der Waals surface area contributed by atoms with Crippen molar-refractivity contribution in [3.05, 3.63) is 0 Å². The SMILES string of the molecule is CCC1CC(=O)N(C2CCNC2)N1. The molecule has 2 N–H and O–H groups in total. The molecular weight excluding hydrogens is 166 g/mol. The van der Waals surface area contributed by atoms with E-state index in [1.54, 1.807) is 0 Å². The Labute approximate surface area is 78.6 Å². The van der Waals surface area contributed by atoms with E-state index in [0.29, 0.717) is 18.5 Å². The summed E-state index contributed by atoms with van der Waals surface area (Å²) in [5.41, 5.74) is 3.28. The second-order valence-electron chi connectivity index (χ2n) is 3.85. The highest BCUT2D eigenvalue weighted by atomic mass is 16.2. The molecular formula is C9H17N3O. The predicted octanol–water partition coefficient (Wildman–Crippen LogP) is -0.136. The van der Waals surface area contributed by atoms with E-state index in [1.165, 1.54) is 0 Å². The van der Waals surface area contributed by atoms with Gasteiger partial charge in [-0.05, 0) is 19.4 Å². The van der Waals surface area contributed by atoms with Crippen molar-refractivity contribution in [1.29, 1.82) is 0 Å². The van der Waals surface area contributed by atoms with Crippen LogP contribution in [0.4, 0.5) is 0 Å². The molecule has 2 rings (SSSR count). The summed E-state index contributed by atoms with van der Waals surface area (Å²) in [6.07, 6.45) is 2.78. The molecule has 4 heteroatoms. The van der Waals surface area contributed by atoms with Gasteiger partial charge in [0.1, 0.15) is 0 Å². The fraction of sp³-hybridized carbons (Fsp3) is 0.889. The van der Waals surface area contributed by atoms with Crippen molar-refractivity contribution in [2.45, 2.75) is 38.3 Å². The van der Waals surface area contributed by atoms with Gasteiger partial charge in [-0.3, -0.25) is 9.80 Å². The van der Waals surface area contributed by atoms with Crippen LogP contribution in [0.5, 0.6) is 0 Å². The maximum Gasteiger partial charge on any atom is 0.238 e. The first kappa shape index (κ1) is 8.97. The summed E-state index contributed by atoms with van der Waals surface area (Å²) in [6, 6.07) is 0.747. The van der Waals surface area contributed by atoms with E-state index in [-0.39, 0.29) is 5.91 Å². The third-order valence-corrected chi connectivity index (χ3v) is 2.90. The van der Waals surface area contributed by atoms with E-state index in [0.717, 1.165) is 25.9 Å². The van der Waals surface area contributed by atoms with E-state index in [1.807, 2.05) is 5.01 Å². The number of amides is 1. The molecule has 74 valence electrons. The Kier molecular flexibility index (Phi) is 2.51. The molecule has 2 unspecified atom stereocenters. The Morgan fingerprint density at radius 2 is 2.46 bits per heavy atom. The summed E-state index contributed by atoms with van der Waals surface area (Å²) in [7, 11) is 0. The number of hydrogen-bond acceptors (Lipinski definition) is 3. The van der Waals surface area contributed by atoms with Crippen molar-refractivity contribution < 1.29 is 4.79 Å². The normalized spacial score (nSPS) is 34.5. The van der Waals surface area contributed by atoms with Gasteiger partial charge in [0, 0.05) is 19.0 Å². The highest BCUT2D eigenvalue weighted by Gasteiger charge is 2.34. The zero-order chi connectivity index (χ0) is 9.26. The zero-order valence-electron chi connectivity index (χ0n) is 8.05. The van der Waals surface area contributed by atoms with E-state index in [2.05, 4.69) is 17.7 Å². The summed E-state index contributed by atoms with van der Waals surface area (Å²) in [5, 5.41) is 5.11. The second kappa shape index (κ2) is 3.64. The lowest BCUT2D eigenvalue weighted by Gasteiger charge is -2.23. The topological polar surface area (TPSA) is 44.4 Å². The minimum atomic E-state index is 0.264. The van der Waals surface area contributed by atoms with Crippen molar-refractivity contribution in [2.24, 2.45) is 0 Å². The van der Waals surface area contributed by atoms with Gasteiger partial charge in [-0.2, -0.15) is 0 Å². The molecule has 0 radical (unpaired) electrons. The van der Waals surface area contributed by atoms with Crippen LogP contribution < -0.4 is 10.7 Å². The standard InChI is InChI=1S/C9H17N3O/c1-2-7-5-9(13)12(11-7)8-3-4-10-6-8/h7-8,10-11H,2-6H2,1H3. The fourth-order valence-electron chi connectivity index (χ4n) is 2.03. The first-order chi connectivity index (χ1) is 6.31. The third-order valence-electron chi connectivity index (χ3n) is 2.90. The van der Waals surface area contributed by atoms with Crippen molar-refractivity contribution in [3.63, 3.8) is 0 Å². The summed E-state index contributed by atoms with van der Waals surface area (Å²) < 4.78 is 0. The van der Waals surface area contributed by atoms with Crippen LogP contribution in [0.3, 0.4) is 0 Å². The van der Waals surface area contributed by atoms with Crippen LogP contribution in [0.1, 0.15) is 26.2 Å². The number of carbonyl (C=O) groups excluding carboxylic acids is 1. The molecule has 0 spiro atoms. The molecule has 1 amide bonds. The molecule has 0 aromatic rings. The molecule has 2 aliphatic heterocycles. The van der Waals surface area contributed by atoms with Gasteiger partial charge in [-0.25, -0.2) is 5.43 Å². The lowest BCUT2D eigenvalue weighted by molar-refractivity contribution is -0.131. The molecule has 2 fully saturated rings. The number of rotatable bonds is 2. The van der Waals surface area contributed by atoms with Gasteiger partial charge < -0.3 is 5.32 Å². The maximum absolute atomic E-state index is 11.6. The molecule has 0 saturated carbocycles. The molecule has 0 aromatic heterocycles. The Bertz CT molecular complexity index is 201. The molecule has 2 atom stereocenters. The number of nitrogens with zero attached hydrogens (tertiary/aromatic N) is 1. The zero-order valence-corrected chi connectivity index (χ0v) is 8.05. The van der Waals surface area contributed by atoms with Crippen LogP contribution >= 0.6 is 0 Å². The van der Waals surface area contributed by atoms with Gasteiger partial charge in [-0.15, -0.1) is 0 Å². The molecule has 4 nitrogen and oxygen atoms in total. The molecule has 0 aromatic carbocycles. The molecule has 0 aliphatic carbocycles. The summed E-state index contributed by atoms with van der Waals surface area (Å²) in [5.74, 6) is 0.264. The monoisotopic (exact) mass is 183 g/mol. The summed E-state index contributed by atoms with van der Waals surface area (Å²) in [6.45, 7) is 4.09. The quantitative estimate of drug-likeness (QED) is 0.626. The first-order valence-electron chi connectivity index (χ1n) is 5.10. The third kappa shape index (κ3) is 1.69. The van der Waals surface area contributed by atoms with Crippen LogP contribution in [-0.2, 0) is 4.79 Å². The summed E-state index contributed by atoms with van der Waals surface area (Å²) in [4.78, 5) is 11.6. The Morgan fingerprint density at radius 1 is 1.62 bits per heavy atom. The van der Waals surface area contributed by atoms with Crippen molar-refractivity contribution in [2.75, 3.05) is 13.1 Å². The smallest absolute Gasteiger partial charge is 0.238 e. The Hall–Kier alpha value is -0.610. The van der Waals surface area contributed by atoms with Gasteiger partial charge in [-0.1, -0.05) is 6.92 Å². The lowest BCUT2D eigenvalue weighted by Crippen LogP contribution is -2.46. The number of carbonyl (C=O) groups is 1. The van der Waals surface area contributed by atoms with E-state index < -0.39 is 0 Å². The van der Waals surface area contributed by atoms with Gasteiger partial charge in [0.25, 0.3) is 0 Å². The number of nitrogens with one attached hydrogen (secondary N) is 2. The highest BCUT2D eigenvalue weighted by molar-refractivity contribution is 5.78. The number of hydrogen-bond donors (Lipinski definition) is 2. The lowest BCUT2D eigenvalue weighted by atomic mass is 10.2. The maximum atomic E-state index is 11.6. The van der Waals surface area contributed by atoms with Crippen LogP contribution in [0.25, 0.3) is 0 Å². The Morgan fingerprint density at radius 3 is 3.00 bits per heavy atom. The molecule has 0 bridgehead atoms. The van der Waals surface area contributed by atoms with Crippen LogP contribution in [-0.4, -0.2) is 36.1 Å². The second-order valence-corrected chi connectivity index (χ2v) is 3.85. The molecule has 2 heterocycles. The largest absolute Gasteiger partial charge is 0.315 e. The fourth-order valence-corrected chi connectivity index (χ4v) is 2.03. The molecule has 2 aliphatic rings. The minimum Gasteiger partial charge on any atom is -0.315 e. The van der Waals surface area contributed by atoms with Gasteiger partial charge in [0.05, 0.1) is 6.04 Å². The first-order valence-corrected chi connectivity index (χ1v) is 5.10. The predicted molar refractivity (Wildman–Crippen MR) is 50.0 cm³/mol.